The highest BCUT2D eigenvalue weighted by Crippen LogP contribution is 2.22. The lowest BCUT2D eigenvalue weighted by Gasteiger charge is -2.20. The molecule has 1 saturated heterocycles. The SMILES string of the molecule is Cc1nn(Cc2ccc(C(=O)NCCCN3CCCCCC3=O)cc2)c(C)c1[N+](=O)[O-]. The number of hydrogen-bond acceptors (Lipinski definition) is 5. The smallest absolute Gasteiger partial charge is 0.312 e. The predicted molar refractivity (Wildman–Crippen MR) is 116 cm³/mol. The minimum absolute atomic E-state index is 0.0397. The van der Waals surface area contributed by atoms with E-state index in [1.165, 1.54) is 0 Å². The molecule has 166 valence electrons. The van der Waals surface area contributed by atoms with Crippen LogP contribution in [0.5, 0.6) is 0 Å². The van der Waals surface area contributed by atoms with Crippen LogP contribution in [0.15, 0.2) is 24.3 Å². The zero-order chi connectivity index (χ0) is 22.4. The van der Waals surface area contributed by atoms with E-state index in [0.717, 1.165) is 37.8 Å². The van der Waals surface area contributed by atoms with Gasteiger partial charge in [-0.1, -0.05) is 18.6 Å². The Hall–Kier alpha value is -3.23. The molecule has 2 heterocycles. The van der Waals surface area contributed by atoms with E-state index in [0.29, 0.717) is 43.0 Å². The van der Waals surface area contributed by atoms with Gasteiger partial charge in [-0.2, -0.15) is 5.10 Å². The third-order valence-corrected chi connectivity index (χ3v) is 5.64. The van der Waals surface area contributed by atoms with E-state index in [4.69, 9.17) is 0 Å². The first-order chi connectivity index (χ1) is 14.9. The van der Waals surface area contributed by atoms with Crippen molar-refractivity contribution in [3.63, 3.8) is 0 Å². The molecule has 0 spiro atoms. The van der Waals surface area contributed by atoms with Crippen molar-refractivity contribution < 1.29 is 14.5 Å². The fraction of sp³-hybridized carbons (Fsp3) is 0.500. The number of hydrogen-bond donors (Lipinski definition) is 1. The van der Waals surface area contributed by atoms with Gasteiger partial charge in [0.2, 0.25) is 5.91 Å². The quantitative estimate of drug-likeness (QED) is 0.396. The topological polar surface area (TPSA) is 110 Å². The van der Waals surface area contributed by atoms with Crippen LogP contribution in [-0.4, -0.2) is 51.1 Å². The summed E-state index contributed by atoms with van der Waals surface area (Å²) < 4.78 is 1.60. The fourth-order valence-electron chi connectivity index (χ4n) is 3.89. The number of rotatable bonds is 8. The molecule has 1 aliphatic rings. The first-order valence-electron chi connectivity index (χ1n) is 10.7. The second-order valence-electron chi connectivity index (χ2n) is 7.93. The molecule has 31 heavy (non-hydrogen) atoms. The zero-order valence-corrected chi connectivity index (χ0v) is 18.1. The molecule has 1 N–H and O–H groups in total. The molecule has 0 unspecified atom stereocenters. The first-order valence-corrected chi connectivity index (χ1v) is 10.7. The summed E-state index contributed by atoms with van der Waals surface area (Å²) in [5.74, 6) is 0.0582. The number of nitro groups is 1. The van der Waals surface area contributed by atoms with Crippen molar-refractivity contribution in [2.45, 2.75) is 52.5 Å². The van der Waals surface area contributed by atoms with Gasteiger partial charge in [0.05, 0.1) is 11.5 Å². The molecule has 1 aromatic heterocycles. The molecule has 9 nitrogen and oxygen atoms in total. The molecular formula is C22H29N5O4. The van der Waals surface area contributed by atoms with Gasteiger partial charge in [-0.15, -0.1) is 0 Å². The van der Waals surface area contributed by atoms with Crippen LogP contribution in [0.3, 0.4) is 0 Å². The highest BCUT2D eigenvalue weighted by Gasteiger charge is 2.21. The Morgan fingerprint density at radius 2 is 1.94 bits per heavy atom. The Balaban J connectivity index is 1.49. The van der Waals surface area contributed by atoms with E-state index in [9.17, 15) is 19.7 Å². The van der Waals surface area contributed by atoms with Crippen LogP contribution < -0.4 is 5.32 Å². The fourth-order valence-corrected chi connectivity index (χ4v) is 3.89. The van der Waals surface area contributed by atoms with Crippen LogP contribution >= 0.6 is 0 Å². The molecular weight excluding hydrogens is 398 g/mol. The van der Waals surface area contributed by atoms with Crippen LogP contribution in [0.25, 0.3) is 0 Å². The summed E-state index contributed by atoms with van der Waals surface area (Å²) in [6, 6.07) is 7.13. The molecule has 1 aliphatic heterocycles. The van der Waals surface area contributed by atoms with Crippen LogP contribution in [0.2, 0.25) is 0 Å². The highest BCUT2D eigenvalue weighted by atomic mass is 16.6. The lowest BCUT2D eigenvalue weighted by molar-refractivity contribution is -0.386. The minimum atomic E-state index is -0.412. The maximum Gasteiger partial charge on any atom is 0.312 e. The third kappa shape index (κ3) is 5.68. The molecule has 0 radical (unpaired) electrons. The van der Waals surface area contributed by atoms with Gasteiger partial charge in [-0.25, -0.2) is 0 Å². The van der Waals surface area contributed by atoms with E-state index >= 15 is 0 Å². The second kappa shape index (κ2) is 10.2. The molecule has 0 aliphatic carbocycles. The summed E-state index contributed by atoms with van der Waals surface area (Å²) in [5, 5.41) is 18.3. The Morgan fingerprint density at radius 3 is 2.61 bits per heavy atom. The molecule has 9 heteroatoms. The molecule has 3 rings (SSSR count). The molecule has 1 fully saturated rings. The van der Waals surface area contributed by atoms with Crippen molar-refractivity contribution in [3.05, 3.63) is 56.9 Å². The summed E-state index contributed by atoms with van der Waals surface area (Å²) >= 11 is 0. The molecule has 0 atom stereocenters. The van der Waals surface area contributed by atoms with E-state index in [1.54, 1.807) is 30.7 Å². The monoisotopic (exact) mass is 427 g/mol. The van der Waals surface area contributed by atoms with Gasteiger partial charge in [-0.05, 0) is 50.8 Å². The van der Waals surface area contributed by atoms with E-state index < -0.39 is 4.92 Å². The van der Waals surface area contributed by atoms with E-state index in [-0.39, 0.29) is 17.5 Å². The highest BCUT2D eigenvalue weighted by molar-refractivity contribution is 5.94. The van der Waals surface area contributed by atoms with Gasteiger partial charge < -0.3 is 10.2 Å². The molecule has 1 aromatic carbocycles. The summed E-state index contributed by atoms with van der Waals surface area (Å²) in [4.78, 5) is 37.0. The lowest BCUT2D eigenvalue weighted by Crippen LogP contribution is -2.34. The van der Waals surface area contributed by atoms with Crippen molar-refractivity contribution >= 4 is 17.5 Å². The number of aromatic nitrogens is 2. The number of benzene rings is 1. The number of carbonyl (C=O) groups is 2. The number of nitrogens with one attached hydrogen (secondary N) is 1. The average Bonchev–Trinajstić information content (AvgIpc) is 2.87. The van der Waals surface area contributed by atoms with Gasteiger partial charge in [0.15, 0.2) is 0 Å². The first kappa shape index (κ1) is 22.5. The van der Waals surface area contributed by atoms with Crippen molar-refractivity contribution in [3.8, 4) is 0 Å². The standard InChI is InChI=1S/C22H29N5O4/c1-16-21(27(30)31)17(2)26(24-16)15-18-8-10-19(11-9-18)22(29)23-12-6-14-25-13-5-3-4-7-20(25)28/h8-11H,3-7,12-15H2,1-2H3,(H,23,29). The van der Waals surface area contributed by atoms with Gasteiger partial charge in [0, 0.05) is 31.6 Å². The summed E-state index contributed by atoms with van der Waals surface area (Å²) in [6.45, 7) is 5.70. The van der Waals surface area contributed by atoms with Gasteiger partial charge >= 0.3 is 5.69 Å². The Bertz CT molecular complexity index is 952. The average molecular weight is 428 g/mol. The number of nitrogens with zero attached hydrogens (tertiary/aromatic N) is 4. The van der Waals surface area contributed by atoms with Crippen molar-refractivity contribution in [2.24, 2.45) is 0 Å². The Labute approximate surface area is 181 Å². The van der Waals surface area contributed by atoms with Crippen molar-refractivity contribution in [2.75, 3.05) is 19.6 Å². The Kier molecular flexibility index (Phi) is 7.38. The Morgan fingerprint density at radius 1 is 1.19 bits per heavy atom. The second-order valence-corrected chi connectivity index (χ2v) is 7.93. The maximum atomic E-state index is 12.4. The predicted octanol–water partition coefficient (Wildman–Crippen LogP) is 2.98. The van der Waals surface area contributed by atoms with Crippen LogP contribution in [0.4, 0.5) is 5.69 Å². The van der Waals surface area contributed by atoms with Gasteiger partial charge in [0.25, 0.3) is 5.91 Å². The van der Waals surface area contributed by atoms with Gasteiger partial charge in [0.1, 0.15) is 11.4 Å². The van der Waals surface area contributed by atoms with Gasteiger partial charge in [-0.3, -0.25) is 24.4 Å². The molecule has 0 bridgehead atoms. The number of likely N-dealkylation sites (tertiary alicyclic amines) is 1. The number of aryl methyl sites for hydroxylation is 1. The van der Waals surface area contributed by atoms with Crippen LogP contribution in [0.1, 0.15) is 59.4 Å². The minimum Gasteiger partial charge on any atom is -0.352 e. The van der Waals surface area contributed by atoms with Crippen molar-refractivity contribution in [1.29, 1.82) is 0 Å². The summed E-state index contributed by atoms with van der Waals surface area (Å²) in [5.41, 5.74) is 2.39. The maximum absolute atomic E-state index is 12.4. The third-order valence-electron chi connectivity index (χ3n) is 5.64. The number of carbonyl (C=O) groups excluding carboxylic acids is 2. The summed E-state index contributed by atoms with van der Waals surface area (Å²) in [6.07, 6.45) is 4.48. The number of amides is 2. The molecule has 2 amide bonds. The molecule has 2 aromatic rings. The van der Waals surface area contributed by atoms with E-state index in [1.807, 2.05) is 17.0 Å². The lowest BCUT2D eigenvalue weighted by atomic mass is 10.1. The zero-order valence-electron chi connectivity index (χ0n) is 18.1. The van der Waals surface area contributed by atoms with Crippen molar-refractivity contribution in [1.82, 2.24) is 20.0 Å². The normalized spacial score (nSPS) is 14.4. The van der Waals surface area contributed by atoms with E-state index in [2.05, 4.69) is 10.4 Å². The largest absolute Gasteiger partial charge is 0.352 e. The molecule has 0 saturated carbocycles. The summed E-state index contributed by atoms with van der Waals surface area (Å²) in [7, 11) is 0. The van der Waals surface area contributed by atoms with Crippen LogP contribution in [0, 0.1) is 24.0 Å². The van der Waals surface area contributed by atoms with Crippen LogP contribution in [-0.2, 0) is 11.3 Å².